The van der Waals surface area contributed by atoms with E-state index in [4.69, 9.17) is 0 Å². The van der Waals surface area contributed by atoms with E-state index in [-0.39, 0.29) is 11.8 Å². The van der Waals surface area contributed by atoms with Crippen molar-refractivity contribution in [1.82, 2.24) is 20.0 Å². The molecule has 0 aliphatic carbocycles. The van der Waals surface area contributed by atoms with E-state index in [0.717, 1.165) is 44.6 Å². The molecule has 0 atom stereocenters. The van der Waals surface area contributed by atoms with Crippen LogP contribution in [0.4, 0.5) is 0 Å². The predicted molar refractivity (Wildman–Crippen MR) is 93.5 cm³/mol. The summed E-state index contributed by atoms with van der Waals surface area (Å²) in [6, 6.07) is 0.581. The summed E-state index contributed by atoms with van der Waals surface area (Å²) < 4.78 is 2.02. The van der Waals surface area contributed by atoms with Crippen molar-refractivity contribution in [3.05, 3.63) is 17.0 Å². The molecule has 1 saturated heterocycles. The minimum Gasteiger partial charge on any atom is -0.354 e. The lowest BCUT2D eigenvalue weighted by molar-refractivity contribution is -0.126. The number of likely N-dealkylation sites (tertiary alicyclic amines) is 1. The Labute approximate surface area is 140 Å². The van der Waals surface area contributed by atoms with Gasteiger partial charge in [0, 0.05) is 24.2 Å². The molecule has 5 heteroatoms. The molecule has 5 nitrogen and oxygen atoms in total. The molecule has 130 valence electrons. The molecule has 2 heterocycles. The van der Waals surface area contributed by atoms with Gasteiger partial charge >= 0.3 is 0 Å². The second-order valence-corrected chi connectivity index (χ2v) is 6.92. The van der Waals surface area contributed by atoms with Crippen LogP contribution in [0.5, 0.6) is 0 Å². The molecule has 0 aromatic carbocycles. The Kier molecular flexibility index (Phi) is 6.22. The second kappa shape index (κ2) is 7.95. The number of piperidine rings is 1. The fourth-order valence-corrected chi connectivity index (χ4v) is 3.57. The highest BCUT2D eigenvalue weighted by atomic mass is 16.1. The van der Waals surface area contributed by atoms with Gasteiger partial charge in [0.2, 0.25) is 5.91 Å². The van der Waals surface area contributed by atoms with Crippen LogP contribution in [0, 0.1) is 19.8 Å². The van der Waals surface area contributed by atoms with Crippen LogP contribution in [0.1, 0.15) is 50.6 Å². The lowest BCUT2D eigenvalue weighted by Gasteiger charge is -2.33. The first-order chi connectivity index (χ1) is 10.9. The quantitative estimate of drug-likeness (QED) is 0.875. The first-order valence-electron chi connectivity index (χ1n) is 8.98. The van der Waals surface area contributed by atoms with Crippen LogP contribution in [0.2, 0.25) is 0 Å². The first kappa shape index (κ1) is 18.0. The highest BCUT2D eigenvalue weighted by Crippen LogP contribution is 2.19. The van der Waals surface area contributed by atoms with Crippen molar-refractivity contribution >= 4 is 5.91 Å². The molecule has 1 aromatic heterocycles. The molecule has 0 bridgehead atoms. The minimum absolute atomic E-state index is 0.177. The van der Waals surface area contributed by atoms with Gasteiger partial charge in [-0.25, -0.2) is 0 Å². The lowest BCUT2D eigenvalue weighted by atomic mass is 9.95. The Balaban J connectivity index is 1.77. The zero-order valence-electron chi connectivity index (χ0n) is 15.4. The van der Waals surface area contributed by atoms with E-state index in [9.17, 15) is 4.79 Å². The third kappa shape index (κ3) is 4.34. The number of aryl methyl sites for hydroxylation is 1. The number of amides is 1. The van der Waals surface area contributed by atoms with Gasteiger partial charge in [0.1, 0.15) is 0 Å². The largest absolute Gasteiger partial charge is 0.354 e. The second-order valence-electron chi connectivity index (χ2n) is 6.92. The maximum atomic E-state index is 12.3. The van der Waals surface area contributed by atoms with Crippen LogP contribution in [0.25, 0.3) is 0 Å². The Morgan fingerprint density at radius 2 is 1.96 bits per heavy atom. The van der Waals surface area contributed by atoms with Gasteiger partial charge in [-0.1, -0.05) is 6.92 Å². The molecule has 23 heavy (non-hydrogen) atoms. The number of carbonyl (C=O) groups is 1. The molecule has 0 unspecified atom stereocenters. The molecule has 1 N–H and O–H groups in total. The van der Waals surface area contributed by atoms with Crippen molar-refractivity contribution in [1.29, 1.82) is 0 Å². The van der Waals surface area contributed by atoms with Gasteiger partial charge in [-0.05, 0) is 65.6 Å². The van der Waals surface area contributed by atoms with Crippen molar-refractivity contribution in [2.75, 3.05) is 19.6 Å². The van der Waals surface area contributed by atoms with Gasteiger partial charge < -0.3 is 10.2 Å². The fourth-order valence-electron chi connectivity index (χ4n) is 3.57. The normalized spacial score (nSPS) is 17.0. The third-order valence-electron chi connectivity index (χ3n) is 5.14. The number of hydrogen-bond acceptors (Lipinski definition) is 3. The van der Waals surface area contributed by atoms with Crippen LogP contribution in [0.15, 0.2) is 0 Å². The van der Waals surface area contributed by atoms with Gasteiger partial charge in [0.25, 0.3) is 0 Å². The lowest BCUT2D eigenvalue weighted by Crippen LogP contribution is -2.43. The Morgan fingerprint density at radius 1 is 1.30 bits per heavy atom. The molecule has 0 saturated carbocycles. The number of nitrogens with zero attached hydrogens (tertiary/aromatic N) is 3. The Morgan fingerprint density at radius 3 is 2.48 bits per heavy atom. The van der Waals surface area contributed by atoms with Gasteiger partial charge in [0.05, 0.1) is 12.2 Å². The zero-order valence-corrected chi connectivity index (χ0v) is 15.4. The van der Waals surface area contributed by atoms with Crippen LogP contribution < -0.4 is 5.32 Å². The standard InChI is InChI=1S/C18H32N4O/c1-6-17-14(4)20-22(15(17)5)12-9-19-18(23)16-7-10-21(11-8-16)13(2)3/h13,16H,6-12H2,1-5H3,(H,19,23). The van der Waals surface area contributed by atoms with Crippen molar-refractivity contribution in [3.8, 4) is 0 Å². The van der Waals surface area contributed by atoms with Crippen LogP contribution >= 0.6 is 0 Å². The zero-order chi connectivity index (χ0) is 17.0. The molecular weight excluding hydrogens is 288 g/mol. The van der Waals surface area contributed by atoms with E-state index in [1.165, 1.54) is 11.3 Å². The average Bonchev–Trinajstić information content (AvgIpc) is 2.81. The fraction of sp³-hybridized carbons (Fsp3) is 0.778. The first-order valence-corrected chi connectivity index (χ1v) is 8.98. The van der Waals surface area contributed by atoms with Crippen molar-refractivity contribution in [3.63, 3.8) is 0 Å². The van der Waals surface area contributed by atoms with Crippen LogP contribution in [-0.4, -0.2) is 46.3 Å². The predicted octanol–water partition coefficient (Wildman–Crippen LogP) is 2.30. The molecule has 1 aromatic rings. The Hall–Kier alpha value is -1.36. The molecule has 1 aliphatic heterocycles. The summed E-state index contributed by atoms with van der Waals surface area (Å²) in [6.45, 7) is 14.3. The van der Waals surface area contributed by atoms with Gasteiger partial charge in [-0.3, -0.25) is 9.48 Å². The van der Waals surface area contributed by atoms with Gasteiger partial charge in [-0.15, -0.1) is 0 Å². The van der Waals surface area contributed by atoms with E-state index in [2.05, 4.69) is 49.9 Å². The third-order valence-corrected chi connectivity index (χ3v) is 5.14. The summed E-state index contributed by atoms with van der Waals surface area (Å²) in [6.07, 6.45) is 2.96. The van der Waals surface area contributed by atoms with E-state index in [0.29, 0.717) is 12.6 Å². The molecule has 1 aliphatic rings. The van der Waals surface area contributed by atoms with E-state index < -0.39 is 0 Å². The summed E-state index contributed by atoms with van der Waals surface area (Å²) in [7, 11) is 0. The Bertz CT molecular complexity index is 527. The summed E-state index contributed by atoms with van der Waals surface area (Å²) in [4.78, 5) is 14.8. The van der Waals surface area contributed by atoms with E-state index >= 15 is 0 Å². The summed E-state index contributed by atoms with van der Waals surface area (Å²) >= 11 is 0. The van der Waals surface area contributed by atoms with Gasteiger partial charge in [-0.2, -0.15) is 5.10 Å². The minimum atomic E-state index is 0.177. The van der Waals surface area contributed by atoms with E-state index in [1.54, 1.807) is 0 Å². The molecule has 2 rings (SSSR count). The van der Waals surface area contributed by atoms with Crippen molar-refractivity contribution in [2.45, 2.75) is 66.5 Å². The number of nitrogens with one attached hydrogen (secondary N) is 1. The number of aromatic nitrogens is 2. The highest BCUT2D eigenvalue weighted by Gasteiger charge is 2.25. The molecular formula is C18H32N4O. The molecule has 1 fully saturated rings. The smallest absolute Gasteiger partial charge is 0.223 e. The van der Waals surface area contributed by atoms with Crippen LogP contribution in [-0.2, 0) is 17.8 Å². The van der Waals surface area contributed by atoms with E-state index in [1.807, 2.05) is 4.68 Å². The topological polar surface area (TPSA) is 50.2 Å². The van der Waals surface area contributed by atoms with Crippen molar-refractivity contribution in [2.24, 2.45) is 5.92 Å². The average molecular weight is 320 g/mol. The maximum absolute atomic E-state index is 12.3. The number of rotatable bonds is 6. The molecule has 0 radical (unpaired) electrons. The monoisotopic (exact) mass is 320 g/mol. The maximum Gasteiger partial charge on any atom is 0.223 e. The van der Waals surface area contributed by atoms with Crippen molar-refractivity contribution < 1.29 is 4.79 Å². The SMILES string of the molecule is CCc1c(C)nn(CCNC(=O)C2CCN(C(C)C)CC2)c1C. The summed E-state index contributed by atoms with van der Waals surface area (Å²) in [5.41, 5.74) is 3.67. The molecule has 0 spiro atoms. The number of hydrogen-bond donors (Lipinski definition) is 1. The van der Waals surface area contributed by atoms with Gasteiger partial charge in [0.15, 0.2) is 0 Å². The highest BCUT2D eigenvalue weighted by molar-refractivity contribution is 5.78. The summed E-state index contributed by atoms with van der Waals surface area (Å²) in [5, 5.41) is 7.68. The summed E-state index contributed by atoms with van der Waals surface area (Å²) in [5.74, 6) is 0.391. The number of carbonyl (C=O) groups excluding carboxylic acids is 1. The molecule has 1 amide bonds. The van der Waals surface area contributed by atoms with Crippen LogP contribution in [0.3, 0.4) is 0 Å².